The molecular formula is C12H18F3N3. The fraction of sp³-hybridized carbons (Fsp3) is 0.333. The van der Waals surface area contributed by atoms with Gasteiger partial charge in [0, 0.05) is 11.3 Å². The highest BCUT2D eigenvalue weighted by Gasteiger charge is 2.35. The Balaban J connectivity index is 5.51. The van der Waals surface area contributed by atoms with Crippen LogP contribution in [-0.4, -0.2) is 6.18 Å². The minimum Gasteiger partial charge on any atom is -0.398 e. The van der Waals surface area contributed by atoms with Gasteiger partial charge in [-0.15, -0.1) is 0 Å². The van der Waals surface area contributed by atoms with E-state index in [1.165, 1.54) is 25.2 Å². The van der Waals surface area contributed by atoms with Gasteiger partial charge < -0.3 is 17.2 Å². The largest absolute Gasteiger partial charge is 0.416 e. The second kappa shape index (κ2) is 6.78. The molecule has 102 valence electrons. The Morgan fingerprint density at radius 1 is 1.11 bits per heavy atom. The first kappa shape index (κ1) is 16.1. The van der Waals surface area contributed by atoms with Crippen LogP contribution in [0, 0.1) is 0 Å². The zero-order valence-electron chi connectivity index (χ0n) is 10.4. The third-order valence-electron chi connectivity index (χ3n) is 2.06. The van der Waals surface area contributed by atoms with Crippen molar-refractivity contribution in [1.82, 2.24) is 0 Å². The molecule has 18 heavy (non-hydrogen) atoms. The SMILES string of the molecule is C/C=C(C(/N)=C/C=C(N)N)\C(=C/CC)C(F)(F)F. The van der Waals surface area contributed by atoms with E-state index in [1.807, 2.05) is 0 Å². The second-order valence-corrected chi connectivity index (χ2v) is 3.51. The number of nitrogens with two attached hydrogens (primary N) is 3. The number of alkyl halides is 3. The van der Waals surface area contributed by atoms with Gasteiger partial charge in [-0.05, 0) is 25.5 Å². The van der Waals surface area contributed by atoms with Crippen molar-refractivity contribution in [3.05, 3.63) is 47.0 Å². The fourth-order valence-electron chi connectivity index (χ4n) is 1.34. The van der Waals surface area contributed by atoms with Crippen molar-refractivity contribution in [2.24, 2.45) is 17.2 Å². The van der Waals surface area contributed by atoms with E-state index in [0.29, 0.717) is 0 Å². The Morgan fingerprint density at radius 3 is 2.00 bits per heavy atom. The van der Waals surface area contributed by atoms with Crippen molar-refractivity contribution in [3.63, 3.8) is 0 Å². The minimum atomic E-state index is -4.45. The Labute approximate surface area is 105 Å². The predicted molar refractivity (Wildman–Crippen MR) is 66.9 cm³/mol. The molecule has 0 atom stereocenters. The second-order valence-electron chi connectivity index (χ2n) is 3.51. The molecule has 0 aromatic rings. The van der Waals surface area contributed by atoms with Crippen molar-refractivity contribution >= 4 is 0 Å². The predicted octanol–water partition coefficient (Wildman–Crippen LogP) is 2.43. The summed E-state index contributed by atoms with van der Waals surface area (Å²) in [6.45, 7) is 3.11. The highest BCUT2D eigenvalue weighted by molar-refractivity contribution is 5.48. The molecule has 0 unspecified atom stereocenters. The minimum absolute atomic E-state index is 0.0265. The summed E-state index contributed by atoms with van der Waals surface area (Å²) in [4.78, 5) is 0. The highest BCUT2D eigenvalue weighted by Crippen LogP contribution is 2.33. The summed E-state index contributed by atoms with van der Waals surface area (Å²) in [6, 6.07) is 0. The molecule has 0 aromatic heterocycles. The van der Waals surface area contributed by atoms with Crippen molar-refractivity contribution in [3.8, 4) is 0 Å². The molecule has 0 saturated heterocycles. The maximum absolute atomic E-state index is 12.8. The Morgan fingerprint density at radius 2 is 1.67 bits per heavy atom. The number of halogens is 3. The van der Waals surface area contributed by atoms with Gasteiger partial charge in [0.25, 0.3) is 0 Å². The molecule has 0 fully saturated rings. The third kappa shape index (κ3) is 4.99. The van der Waals surface area contributed by atoms with Gasteiger partial charge in [0.15, 0.2) is 0 Å². The van der Waals surface area contributed by atoms with Crippen LogP contribution in [-0.2, 0) is 0 Å². The zero-order valence-corrected chi connectivity index (χ0v) is 10.4. The molecule has 0 aromatic carbocycles. The van der Waals surface area contributed by atoms with E-state index >= 15 is 0 Å². The topological polar surface area (TPSA) is 78.1 Å². The van der Waals surface area contributed by atoms with Crippen molar-refractivity contribution in [2.45, 2.75) is 26.4 Å². The van der Waals surface area contributed by atoms with Crippen molar-refractivity contribution < 1.29 is 13.2 Å². The molecule has 0 saturated carbocycles. The van der Waals surface area contributed by atoms with E-state index in [2.05, 4.69) is 0 Å². The van der Waals surface area contributed by atoms with Crippen LogP contribution in [0.4, 0.5) is 13.2 Å². The van der Waals surface area contributed by atoms with Gasteiger partial charge >= 0.3 is 6.18 Å². The van der Waals surface area contributed by atoms with Gasteiger partial charge in [0.05, 0.1) is 11.4 Å². The van der Waals surface area contributed by atoms with Crippen LogP contribution in [0.5, 0.6) is 0 Å². The summed E-state index contributed by atoms with van der Waals surface area (Å²) >= 11 is 0. The summed E-state index contributed by atoms with van der Waals surface area (Å²) in [6.07, 6.45) is 0.703. The van der Waals surface area contributed by atoms with Gasteiger partial charge in [-0.25, -0.2) is 0 Å². The van der Waals surface area contributed by atoms with E-state index in [9.17, 15) is 13.2 Å². The van der Waals surface area contributed by atoms with Crippen LogP contribution in [0.3, 0.4) is 0 Å². The van der Waals surface area contributed by atoms with E-state index in [1.54, 1.807) is 6.92 Å². The van der Waals surface area contributed by atoms with Crippen LogP contribution in [0.15, 0.2) is 47.0 Å². The first-order valence-electron chi connectivity index (χ1n) is 5.36. The Kier molecular flexibility index (Phi) is 6.08. The molecule has 0 spiro atoms. The quantitative estimate of drug-likeness (QED) is 0.680. The fourth-order valence-corrected chi connectivity index (χ4v) is 1.34. The number of hydrogen-bond acceptors (Lipinski definition) is 3. The van der Waals surface area contributed by atoms with Gasteiger partial charge in [0.1, 0.15) is 0 Å². The lowest BCUT2D eigenvalue weighted by molar-refractivity contribution is -0.0893. The van der Waals surface area contributed by atoms with Gasteiger partial charge in [-0.1, -0.05) is 19.1 Å². The molecule has 3 nitrogen and oxygen atoms in total. The third-order valence-corrected chi connectivity index (χ3v) is 2.06. The lowest BCUT2D eigenvalue weighted by Gasteiger charge is -2.15. The smallest absolute Gasteiger partial charge is 0.398 e. The average molecular weight is 261 g/mol. The summed E-state index contributed by atoms with van der Waals surface area (Å²) < 4.78 is 38.5. The standard InChI is InChI=1S/C12H18F3N3/c1-3-5-9(12(13,14)15)8(4-2)10(16)6-7-11(17)18/h4-7H,3,16-18H2,1-2H3/b8-4+,9-5+,10-6-. The molecule has 0 bridgehead atoms. The molecule has 0 amide bonds. The molecule has 6 N–H and O–H groups in total. The van der Waals surface area contributed by atoms with E-state index in [-0.39, 0.29) is 23.5 Å². The molecule has 0 aliphatic carbocycles. The lowest BCUT2D eigenvalue weighted by atomic mass is 10.0. The van der Waals surface area contributed by atoms with Crippen LogP contribution >= 0.6 is 0 Å². The van der Waals surface area contributed by atoms with Crippen LogP contribution in [0.2, 0.25) is 0 Å². The maximum Gasteiger partial charge on any atom is 0.416 e. The van der Waals surface area contributed by atoms with Crippen LogP contribution in [0.25, 0.3) is 0 Å². The summed E-state index contributed by atoms with van der Waals surface area (Å²) in [7, 11) is 0. The van der Waals surface area contributed by atoms with Crippen LogP contribution < -0.4 is 17.2 Å². The highest BCUT2D eigenvalue weighted by atomic mass is 19.4. The summed E-state index contributed by atoms with van der Waals surface area (Å²) in [5.41, 5.74) is 15.1. The number of hydrogen-bond donors (Lipinski definition) is 3. The zero-order chi connectivity index (χ0) is 14.3. The van der Waals surface area contributed by atoms with E-state index in [0.717, 1.165) is 6.08 Å². The van der Waals surface area contributed by atoms with Crippen molar-refractivity contribution in [1.29, 1.82) is 0 Å². The average Bonchev–Trinajstić information content (AvgIpc) is 2.24. The molecule has 0 aliphatic rings. The summed E-state index contributed by atoms with van der Waals surface area (Å²) in [5, 5.41) is 0. The van der Waals surface area contributed by atoms with E-state index < -0.39 is 11.7 Å². The van der Waals surface area contributed by atoms with Gasteiger partial charge in [-0.2, -0.15) is 13.2 Å². The first-order chi connectivity index (χ1) is 8.23. The lowest BCUT2D eigenvalue weighted by Crippen LogP contribution is -2.17. The molecule has 0 rings (SSSR count). The number of rotatable bonds is 4. The van der Waals surface area contributed by atoms with Gasteiger partial charge in [-0.3, -0.25) is 0 Å². The molecule has 0 radical (unpaired) electrons. The van der Waals surface area contributed by atoms with Crippen molar-refractivity contribution in [2.75, 3.05) is 0 Å². The monoisotopic (exact) mass is 261 g/mol. The molecule has 6 heteroatoms. The molecule has 0 heterocycles. The van der Waals surface area contributed by atoms with Gasteiger partial charge in [0.2, 0.25) is 0 Å². The Bertz CT molecular complexity index is 397. The molecular weight excluding hydrogens is 243 g/mol. The first-order valence-corrected chi connectivity index (χ1v) is 5.36. The number of allylic oxidation sites excluding steroid dienone is 5. The van der Waals surface area contributed by atoms with Crippen LogP contribution in [0.1, 0.15) is 20.3 Å². The van der Waals surface area contributed by atoms with E-state index in [4.69, 9.17) is 17.2 Å². The molecule has 0 aliphatic heterocycles. The normalized spacial score (nSPS) is 14.6. The summed E-state index contributed by atoms with van der Waals surface area (Å²) in [5.74, 6) is -0.0265. The maximum atomic E-state index is 12.8. The Hall–Kier alpha value is -1.85.